The van der Waals surface area contributed by atoms with E-state index in [1.54, 1.807) is 33.8 Å². The lowest BCUT2D eigenvalue weighted by molar-refractivity contribution is -0.139. The predicted molar refractivity (Wildman–Crippen MR) is 70.9 cm³/mol. The number of carbonyl (C=O) groups is 2. The summed E-state index contributed by atoms with van der Waals surface area (Å²) in [7, 11) is 0. The predicted octanol–water partition coefficient (Wildman–Crippen LogP) is 2.78. The van der Waals surface area contributed by atoms with Crippen molar-refractivity contribution in [2.24, 2.45) is 0 Å². The highest BCUT2D eigenvalue weighted by atomic mass is 19.1. The Hall–Kier alpha value is -2.11. The van der Waals surface area contributed by atoms with Crippen LogP contribution in [0, 0.1) is 12.7 Å². The number of carboxylic acid groups (broad SMARTS) is 1. The second-order valence-corrected chi connectivity index (χ2v) is 5.44. The van der Waals surface area contributed by atoms with Crippen LogP contribution < -0.4 is 5.32 Å². The minimum Gasteiger partial charge on any atom is -0.479 e. The third-order valence-electron chi connectivity index (χ3n) is 2.37. The van der Waals surface area contributed by atoms with Gasteiger partial charge in [-0.1, -0.05) is 12.1 Å². The number of aryl methyl sites for hydroxylation is 1. The molecule has 1 rings (SSSR count). The lowest BCUT2D eigenvalue weighted by atomic mass is 10.0. The van der Waals surface area contributed by atoms with Crippen molar-refractivity contribution in [2.75, 3.05) is 0 Å². The number of hydrogen-bond donors (Lipinski definition) is 2. The van der Waals surface area contributed by atoms with Crippen LogP contribution in [0.4, 0.5) is 9.18 Å². The second kappa shape index (κ2) is 5.90. The maximum atomic E-state index is 13.8. The molecule has 6 heteroatoms. The van der Waals surface area contributed by atoms with Crippen LogP contribution >= 0.6 is 0 Å². The van der Waals surface area contributed by atoms with E-state index in [0.717, 1.165) is 0 Å². The number of halogens is 1. The summed E-state index contributed by atoms with van der Waals surface area (Å²) in [6.45, 7) is 6.63. The van der Waals surface area contributed by atoms with Gasteiger partial charge in [0.2, 0.25) is 0 Å². The van der Waals surface area contributed by atoms with Crippen LogP contribution in [0.25, 0.3) is 0 Å². The summed E-state index contributed by atoms with van der Waals surface area (Å²) in [6, 6.07) is 2.62. The molecule has 1 unspecified atom stereocenters. The van der Waals surface area contributed by atoms with Gasteiger partial charge in [0.05, 0.1) is 0 Å². The highest BCUT2D eigenvalue weighted by molar-refractivity contribution is 5.81. The lowest BCUT2D eigenvalue weighted by Gasteiger charge is -2.22. The van der Waals surface area contributed by atoms with E-state index in [4.69, 9.17) is 9.84 Å². The standard InChI is InChI=1S/C14H18FNO4/c1-8-5-6-9(10(15)7-8)11(12(17)18)16-13(19)20-14(2,3)4/h5-7,11H,1-4H3,(H,16,19)(H,17,18). The molecule has 5 nitrogen and oxygen atoms in total. The first-order chi connectivity index (χ1) is 9.10. The zero-order valence-corrected chi connectivity index (χ0v) is 11.9. The molecule has 0 aliphatic rings. The Bertz CT molecular complexity index is 522. The zero-order valence-electron chi connectivity index (χ0n) is 11.9. The summed E-state index contributed by atoms with van der Waals surface area (Å²) in [4.78, 5) is 22.8. The van der Waals surface area contributed by atoms with Crippen LogP contribution in [-0.2, 0) is 9.53 Å². The van der Waals surface area contributed by atoms with Crippen molar-refractivity contribution in [3.8, 4) is 0 Å². The van der Waals surface area contributed by atoms with Crippen molar-refractivity contribution in [1.29, 1.82) is 0 Å². The molecule has 1 aromatic rings. The molecule has 0 aromatic heterocycles. The summed E-state index contributed by atoms with van der Waals surface area (Å²) in [5.74, 6) is -2.05. The van der Waals surface area contributed by atoms with Gasteiger partial charge in [-0.3, -0.25) is 0 Å². The Kier molecular flexibility index (Phi) is 4.70. The maximum Gasteiger partial charge on any atom is 0.408 e. The van der Waals surface area contributed by atoms with Gasteiger partial charge in [-0.2, -0.15) is 0 Å². The van der Waals surface area contributed by atoms with E-state index < -0.39 is 29.5 Å². The Morgan fingerprint density at radius 3 is 2.40 bits per heavy atom. The molecule has 1 aromatic carbocycles. The maximum absolute atomic E-state index is 13.8. The number of alkyl carbamates (subject to hydrolysis) is 1. The number of ether oxygens (including phenoxy) is 1. The van der Waals surface area contributed by atoms with Gasteiger partial charge in [-0.15, -0.1) is 0 Å². The van der Waals surface area contributed by atoms with Crippen molar-refractivity contribution >= 4 is 12.1 Å². The molecular weight excluding hydrogens is 265 g/mol. The van der Waals surface area contributed by atoms with Crippen LogP contribution in [0.2, 0.25) is 0 Å². The fourth-order valence-corrected chi connectivity index (χ4v) is 1.56. The minimum absolute atomic E-state index is 0.117. The van der Waals surface area contributed by atoms with Crippen molar-refractivity contribution in [2.45, 2.75) is 39.3 Å². The van der Waals surface area contributed by atoms with E-state index in [1.165, 1.54) is 12.1 Å². The van der Waals surface area contributed by atoms with Crippen LogP contribution in [0.15, 0.2) is 18.2 Å². The summed E-state index contributed by atoms with van der Waals surface area (Å²) in [5.41, 5.74) is -0.222. The van der Waals surface area contributed by atoms with E-state index >= 15 is 0 Å². The van der Waals surface area contributed by atoms with E-state index in [-0.39, 0.29) is 5.56 Å². The Morgan fingerprint density at radius 2 is 1.95 bits per heavy atom. The van der Waals surface area contributed by atoms with Crippen LogP contribution in [0.5, 0.6) is 0 Å². The first-order valence-corrected chi connectivity index (χ1v) is 6.08. The van der Waals surface area contributed by atoms with Crippen molar-refractivity contribution in [1.82, 2.24) is 5.32 Å². The van der Waals surface area contributed by atoms with Gasteiger partial charge in [-0.05, 0) is 39.3 Å². The average molecular weight is 283 g/mol. The van der Waals surface area contributed by atoms with Gasteiger partial charge in [0.15, 0.2) is 6.04 Å². The van der Waals surface area contributed by atoms with Gasteiger partial charge in [0, 0.05) is 5.56 Å². The Labute approximate surface area is 116 Å². The number of benzene rings is 1. The monoisotopic (exact) mass is 283 g/mol. The third-order valence-corrected chi connectivity index (χ3v) is 2.37. The fraction of sp³-hybridized carbons (Fsp3) is 0.429. The molecule has 20 heavy (non-hydrogen) atoms. The molecule has 0 aliphatic carbocycles. The molecular formula is C14H18FNO4. The van der Waals surface area contributed by atoms with Crippen molar-refractivity contribution in [3.63, 3.8) is 0 Å². The summed E-state index contributed by atoms with van der Waals surface area (Å²) in [5, 5.41) is 11.3. The first kappa shape index (κ1) is 15.9. The SMILES string of the molecule is Cc1ccc(C(NC(=O)OC(C)(C)C)C(=O)O)c(F)c1. The van der Waals surface area contributed by atoms with E-state index in [9.17, 15) is 14.0 Å². The number of hydrogen-bond acceptors (Lipinski definition) is 3. The third kappa shape index (κ3) is 4.53. The van der Waals surface area contributed by atoms with Crippen LogP contribution in [0.3, 0.4) is 0 Å². The molecule has 0 radical (unpaired) electrons. The normalized spacial score (nSPS) is 12.7. The molecule has 0 saturated heterocycles. The first-order valence-electron chi connectivity index (χ1n) is 6.08. The summed E-state index contributed by atoms with van der Waals surface area (Å²) in [6.07, 6.45) is -0.912. The minimum atomic E-state index is -1.49. The number of nitrogens with one attached hydrogen (secondary N) is 1. The summed E-state index contributed by atoms with van der Waals surface area (Å²) >= 11 is 0. The van der Waals surface area contributed by atoms with Gasteiger partial charge < -0.3 is 15.2 Å². The molecule has 2 N–H and O–H groups in total. The number of aliphatic carboxylic acids is 1. The van der Waals surface area contributed by atoms with Gasteiger partial charge in [0.1, 0.15) is 11.4 Å². The molecule has 0 fully saturated rings. The molecule has 0 heterocycles. The molecule has 0 bridgehead atoms. The number of carboxylic acids is 1. The lowest BCUT2D eigenvalue weighted by Crippen LogP contribution is -2.38. The number of amides is 1. The fourth-order valence-electron chi connectivity index (χ4n) is 1.56. The Morgan fingerprint density at radius 1 is 1.35 bits per heavy atom. The highest BCUT2D eigenvalue weighted by Gasteiger charge is 2.27. The van der Waals surface area contributed by atoms with Crippen LogP contribution in [0.1, 0.15) is 37.9 Å². The largest absolute Gasteiger partial charge is 0.479 e. The quantitative estimate of drug-likeness (QED) is 0.894. The van der Waals surface area contributed by atoms with Crippen molar-refractivity contribution in [3.05, 3.63) is 35.1 Å². The van der Waals surface area contributed by atoms with Gasteiger partial charge in [-0.25, -0.2) is 14.0 Å². The van der Waals surface area contributed by atoms with Crippen molar-refractivity contribution < 1.29 is 23.8 Å². The van der Waals surface area contributed by atoms with E-state index in [1.807, 2.05) is 0 Å². The summed E-state index contributed by atoms with van der Waals surface area (Å²) < 4.78 is 18.8. The number of carbonyl (C=O) groups excluding carboxylic acids is 1. The topological polar surface area (TPSA) is 75.6 Å². The molecule has 0 saturated carbocycles. The molecule has 1 atom stereocenters. The van der Waals surface area contributed by atoms with Gasteiger partial charge >= 0.3 is 12.1 Å². The van der Waals surface area contributed by atoms with Gasteiger partial charge in [0.25, 0.3) is 0 Å². The average Bonchev–Trinajstić information content (AvgIpc) is 2.23. The van der Waals surface area contributed by atoms with E-state index in [2.05, 4.69) is 5.32 Å². The Balaban J connectivity index is 2.96. The second-order valence-electron chi connectivity index (χ2n) is 5.44. The molecule has 0 aliphatic heterocycles. The smallest absolute Gasteiger partial charge is 0.408 e. The molecule has 110 valence electrons. The molecule has 0 spiro atoms. The molecule has 1 amide bonds. The number of rotatable bonds is 3. The van der Waals surface area contributed by atoms with E-state index in [0.29, 0.717) is 5.56 Å². The highest BCUT2D eigenvalue weighted by Crippen LogP contribution is 2.19. The van der Waals surface area contributed by atoms with Crippen LogP contribution in [-0.4, -0.2) is 22.8 Å². The zero-order chi connectivity index (χ0) is 15.5.